The van der Waals surface area contributed by atoms with Crippen molar-refractivity contribution in [3.8, 4) is 0 Å². The highest BCUT2D eigenvalue weighted by atomic mass is 79.9. The van der Waals surface area contributed by atoms with E-state index >= 15 is 0 Å². The van der Waals surface area contributed by atoms with Crippen molar-refractivity contribution in [2.75, 3.05) is 3.93 Å². The number of para-hydroxylation sites is 2. The predicted molar refractivity (Wildman–Crippen MR) is 77.3 cm³/mol. The Morgan fingerprint density at radius 3 is 2.05 bits per heavy atom. The van der Waals surface area contributed by atoms with Crippen LogP contribution in [0.2, 0.25) is 0 Å². The van der Waals surface area contributed by atoms with Crippen LogP contribution in [-0.2, 0) is 0 Å². The summed E-state index contributed by atoms with van der Waals surface area (Å²) in [5.74, 6) is 0. The third kappa shape index (κ3) is 2.75. The molecule has 0 aromatic heterocycles. The number of hydrogen-bond acceptors (Lipinski definition) is 5. The van der Waals surface area contributed by atoms with Gasteiger partial charge in [-0.25, -0.2) is 0 Å². The fraction of sp³-hybridized carbons (Fsp3) is 0. The molecule has 0 amide bonds. The molecule has 8 heteroatoms. The van der Waals surface area contributed by atoms with E-state index in [2.05, 4.69) is 16.1 Å². The molecule has 0 atom stereocenters. The predicted octanol–water partition coefficient (Wildman–Crippen LogP) is 3.95. The van der Waals surface area contributed by atoms with Gasteiger partial charge in [0, 0.05) is 18.2 Å². The van der Waals surface area contributed by atoms with Crippen LogP contribution >= 0.6 is 16.1 Å². The van der Waals surface area contributed by atoms with E-state index in [4.69, 9.17) is 0 Å². The Hall–Kier alpha value is -2.48. The second kappa shape index (κ2) is 5.66. The van der Waals surface area contributed by atoms with Gasteiger partial charge in [0.15, 0.2) is 0 Å². The Balaban J connectivity index is 2.38. The molecule has 7 nitrogen and oxygen atoms in total. The molecule has 2 aromatic carbocycles. The van der Waals surface area contributed by atoms with E-state index in [0.717, 1.165) is 0 Å². The Bertz CT molecular complexity index is 660. The summed E-state index contributed by atoms with van der Waals surface area (Å²) in [5, 5.41) is 21.6. The molecule has 0 saturated heterocycles. The minimum Gasteiger partial charge on any atom is -0.270 e. The van der Waals surface area contributed by atoms with Crippen LogP contribution in [0, 0.1) is 20.2 Å². The maximum absolute atomic E-state index is 11.0. The number of nitrogens with zero attached hydrogens (tertiary/aromatic N) is 3. The zero-order valence-corrected chi connectivity index (χ0v) is 11.6. The first-order valence-corrected chi connectivity index (χ1v) is 6.15. The van der Waals surface area contributed by atoms with E-state index in [-0.39, 0.29) is 11.4 Å². The summed E-state index contributed by atoms with van der Waals surface area (Å²) in [4.78, 5) is 20.6. The summed E-state index contributed by atoms with van der Waals surface area (Å²) >= 11 is 3.23. The molecule has 0 saturated carbocycles. The molecular weight excluding hydrogens is 330 g/mol. The van der Waals surface area contributed by atoms with Crippen molar-refractivity contribution >= 4 is 38.9 Å². The summed E-state index contributed by atoms with van der Waals surface area (Å²) < 4.78 is 1.43. The molecular formula is C12H8BrN3O4. The van der Waals surface area contributed by atoms with E-state index in [1.165, 1.54) is 34.3 Å². The molecule has 0 aliphatic rings. The largest absolute Gasteiger partial charge is 0.293 e. The van der Waals surface area contributed by atoms with Crippen LogP contribution in [0.15, 0.2) is 48.5 Å². The minimum atomic E-state index is -0.507. The number of rotatable bonds is 4. The quantitative estimate of drug-likeness (QED) is 0.478. The van der Waals surface area contributed by atoms with Gasteiger partial charge in [-0.05, 0) is 18.2 Å². The topological polar surface area (TPSA) is 89.5 Å². The number of benzene rings is 2. The lowest BCUT2D eigenvalue weighted by Gasteiger charge is -2.16. The van der Waals surface area contributed by atoms with Crippen LogP contribution in [0.25, 0.3) is 0 Å². The van der Waals surface area contributed by atoms with Gasteiger partial charge >= 0.3 is 0 Å². The van der Waals surface area contributed by atoms with Crippen LogP contribution in [0.1, 0.15) is 0 Å². The second-order valence-electron chi connectivity index (χ2n) is 3.80. The van der Waals surface area contributed by atoms with Crippen LogP contribution in [0.5, 0.6) is 0 Å². The van der Waals surface area contributed by atoms with Crippen molar-refractivity contribution in [3.63, 3.8) is 0 Å². The Kier molecular flexibility index (Phi) is 3.94. The van der Waals surface area contributed by atoms with Gasteiger partial charge in [0.25, 0.3) is 11.4 Å². The lowest BCUT2D eigenvalue weighted by atomic mass is 10.2. The van der Waals surface area contributed by atoms with Gasteiger partial charge in [0.2, 0.25) is 0 Å². The number of halogens is 1. The highest BCUT2D eigenvalue weighted by Crippen LogP contribution is 2.36. The van der Waals surface area contributed by atoms with Gasteiger partial charge in [-0.1, -0.05) is 12.1 Å². The molecule has 0 fully saturated rings. The zero-order valence-electron chi connectivity index (χ0n) is 9.97. The fourth-order valence-electron chi connectivity index (χ4n) is 1.63. The summed E-state index contributed by atoms with van der Waals surface area (Å²) in [6.07, 6.45) is 0. The Morgan fingerprint density at radius 2 is 1.50 bits per heavy atom. The van der Waals surface area contributed by atoms with Crippen molar-refractivity contribution in [2.24, 2.45) is 0 Å². The summed E-state index contributed by atoms with van der Waals surface area (Å²) in [5.41, 5.74) is 0.774. The molecule has 0 bridgehead atoms. The van der Waals surface area contributed by atoms with E-state index in [9.17, 15) is 20.2 Å². The van der Waals surface area contributed by atoms with Crippen LogP contribution in [0.4, 0.5) is 22.7 Å². The molecule has 0 heterocycles. The molecule has 0 N–H and O–H groups in total. The molecule has 0 spiro atoms. The van der Waals surface area contributed by atoms with Gasteiger partial charge in [0.1, 0.15) is 5.69 Å². The van der Waals surface area contributed by atoms with Gasteiger partial charge in [-0.15, -0.1) is 0 Å². The molecule has 20 heavy (non-hydrogen) atoms. The van der Waals surface area contributed by atoms with Crippen LogP contribution in [-0.4, -0.2) is 9.85 Å². The summed E-state index contributed by atoms with van der Waals surface area (Å²) in [6.45, 7) is 0. The molecule has 0 unspecified atom stereocenters. The van der Waals surface area contributed by atoms with E-state index in [0.29, 0.717) is 11.4 Å². The Labute approximate surface area is 122 Å². The normalized spacial score (nSPS) is 10.1. The van der Waals surface area contributed by atoms with Crippen molar-refractivity contribution in [1.29, 1.82) is 0 Å². The molecule has 0 aliphatic heterocycles. The molecule has 2 aromatic rings. The van der Waals surface area contributed by atoms with Crippen LogP contribution in [0.3, 0.4) is 0 Å². The summed E-state index contributed by atoms with van der Waals surface area (Å²) in [7, 11) is 0. The highest BCUT2D eigenvalue weighted by Gasteiger charge is 2.18. The van der Waals surface area contributed by atoms with Gasteiger partial charge < -0.3 is 0 Å². The van der Waals surface area contributed by atoms with E-state index in [1.807, 2.05) is 0 Å². The minimum absolute atomic E-state index is 0.0442. The summed E-state index contributed by atoms with van der Waals surface area (Å²) in [6, 6.07) is 11.9. The maximum Gasteiger partial charge on any atom is 0.293 e. The third-order valence-corrected chi connectivity index (χ3v) is 3.37. The first kappa shape index (κ1) is 13.9. The van der Waals surface area contributed by atoms with Crippen LogP contribution < -0.4 is 3.93 Å². The van der Waals surface area contributed by atoms with E-state index < -0.39 is 9.85 Å². The molecule has 2 rings (SSSR count). The van der Waals surface area contributed by atoms with Gasteiger partial charge in [0.05, 0.1) is 31.7 Å². The van der Waals surface area contributed by atoms with Gasteiger partial charge in [-0.3, -0.25) is 24.2 Å². The first-order valence-electron chi connectivity index (χ1n) is 5.44. The van der Waals surface area contributed by atoms with Crippen molar-refractivity contribution in [1.82, 2.24) is 0 Å². The number of non-ortho nitro benzene ring substituents is 1. The monoisotopic (exact) mass is 337 g/mol. The van der Waals surface area contributed by atoms with Crippen molar-refractivity contribution in [2.45, 2.75) is 0 Å². The molecule has 102 valence electrons. The van der Waals surface area contributed by atoms with Crippen molar-refractivity contribution in [3.05, 3.63) is 68.8 Å². The van der Waals surface area contributed by atoms with Crippen molar-refractivity contribution < 1.29 is 9.85 Å². The SMILES string of the molecule is O=[N+]([O-])c1ccc(N(Br)c2ccccc2[N+](=O)[O-])cc1. The highest BCUT2D eigenvalue weighted by molar-refractivity contribution is 9.10. The smallest absolute Gasteiger partial charge is 0.270 e. The second-order valence-corrected chi connectivity index (χ2v) is 4.51. The number of nitro groups is 2. The lowest BCUT2D eigenvalue weighted by Crippen LogP contribution is -2.04. The first-order chi connectivity index (χ1) is 9.50. The molecule has 0 aliphatic carbocycles. The number of nitro benzene ring substituents is 2. The lowest BCUT2D eigenvalue weighted by molar-refractivity contribution is -0.384. The third-order valence-electron chi connectivity index (χ3n) is 2.58. The van der Waals surface area contributed by atoms with E-state index in [1.54, 1.807) is 18.2 Å². The maximum atomic E-state index is 11.0. The zero-order chi connectivity index (χ0) is 14.7. The number of hydrogen-bond donors (Lipinski definition) is 0. The van der Waals surface area contributed by atoms with Gasteiger partial charge in [-0.2, -0.15) is 0 Å². The average molecular weight is 338 g/mol. The Morgan fingerprint density at radius 1 is 0.900 bits per heavy atom. The number of anilines is 2. The molecule has 0 radical (unpaired) electrons. The average Bonchev–Trinajstić information content (AvgIpc) is 2.46. The standard InChI is InChI=1S/C12H8BrN3O4/c13-14(9-5-7-10(8-6-9)15(17)18)11-3-1-2-4-12(11)16(19)20/h1-8H. The fourth-order valence-corrected chi connectivity index (χ4v) is 2.17.